The van der Waals surface area contributed by atoms with Crippen LogP contribution in [0.5, 0.6) is 5.75 Å². The lowest BCUT2D eigenvalue weighted by Crippen LogP contribution is -2.40. The number of halogens is 3. The van der Waals surface area contributed by atoms with Crippen LogP contribution < -0.4 is 15.4 Å². The highest BCUT2D eigenvalue weighted by Crippen LogP contribution is 2.21. The minimum atomic E-state index is -2.88. The number of benzene rings is 1. The van der Waals surface area contributed by atoms with Crippen molar-refractivity contribution in [1.82, 2.24) is 10.6 Å². The van der Waals surface area contributed by atoms with E-state index in [0.29, 0.717) is 18.1 Å². The number of guanidine groups is 1. The molecule has 1 atom stereocenters. The van der Waals surface area contributed by atoms with Gasteiger partial charge < -0.3 is 20.1 Å². The molecule has 2 N–H and O–H groups in total. The van der Waals surface area contributed by atoms with E-state index in [1.807, 2.05) is 6.92 Å². The summed E-state index contributed by atoms with van der Waals surface area (Å²) in [6.45, 7) is 1.28. The van der Waals surface area contributed by atoms with E-state index in [1.54, 1.807) is 26.1 Å². The number of rotatable bonds is 7. The predicted molar refractivity (Wildman–Crippen MR) is 103 cm³/mol. The van der Waals surface area contributed by atoms with E-state index in [4.69, 9.17) is 0 Å². The summed E-state index contributed by atoms with van der Waals surface area (Å²) in [7, 11) is 2.90. The van der Waals surface area contributed by atoms with Crippen molar-refractivity contribution in [3.05, 3.63) is 29.3 Å². The van der Waals surface area contributed by atoms with Gasteiger partial charge in [-0.05, 0) is 13.0 Å². The predicted octanol–water partition coefficient (Wildman–Crippen LogP) is 2.69. The normalized spacial score (nSPS) is 12.2. The summed E-state index contributed by atoms with van der Waals surface area (Å²) >= 11 is 0. The number of alkyl halides is 2. The quantitative estimate of drug-likeness (QED) is 0.277. The summed E-state index contributed by atoms with van der Waals surface area (Å²) in [5, 5.41) is 5.98. The molecule has 0 aliphatic heterocycles. The van der Waals surface area contributed by atoms with Gasteiger partial charge in [-0.1, -0.05) is 24.6 Å². The van der Waals surface area contributed by atoms with Gasteiger partial charge in [-0.25, -0.2) is 0 Å². The van der Waals surface area contributed by atoms with Gasteiger partial charge in [0, 0.05) is 25.7 Å². The molecule has 0 aliphatic carbocycles. The number of nitrogens with zero attached hydrogens (tertiary/aromatic N) is 1. The van der Waals surface area contributed by atoms with E-state index < -0.39 is 6.61 Å². The first kappa shape index (κ1) is 23.4. The summed E-state index contributed by atoms with van der Waals surface area (Å²) in [4.78, 5) is 15.4. The summed E-state index contributed by atoms with van der Waals surface area (Å²) in [6.07, 6.45) is 0. The lowest BCUT2D eigenvalue weighted by molar-refractivity contribution is -0.144. The van der Waals surface area contributed by atoms with E-state index in [1.165, 1.54) is 13.2 Å². The number of ether oxygens (including phenoxy) is 2. The van der Waals surface area contributed by atoms with Crippen LogP contribution in [0.1, 0.15) is 18.1 Å². The third-order valence-electron chi connectivity index (χ3n) is 3.28. The summed E-state index contributed by atoms with van der Waals surface area (Å²) in [6, 6.07) is 4.97. The summed E-state index contributed by atoms with van der Waals surface area (Å²) in [5.74, 6) is -0.119. The van der Waals surface area contributed by atoms with Gasteiger partial charge in [-0.2, -0.15) is 8.78 Å². The SMILES string of the molecule is CN=C(NCc1cc(C)ccc1OC(F)F)NCC(C)C(=O)OC.I. The number of hydrogen-bond donors (Lipinski definition) is 2. The van der Waals surface area contributed by atoms with Crippen molar-refractivity contribution in [2.75, 3.05) is 20.7 Å². The molecule has 9 heteroatoms. The molecule has 1 aromatic carbocycles. The Kier molecular flexibility index (Phi) is 11.0. The number of aryl methyl sites for hydroxylation is 1. The molecule has 0 saturated heterocycles. The fraction of sp³-hybridized carbons (Fsp3) is 0.500. The van der Waals surface area contributed by atoms with Crippen LogP contribution in [-0.2, 0) is 16.1 Å². The summed E-state index contributed by atoms with van der Waals surface area (Å²) in [5.41, 5.74) is 1.51. The zero-order chi connectivity index (χ0) is 18.1. The van der Waals surface area contributed by atoms with Gasteiger partial charge in [0.25, 0.3) is 0 Å². The van der Waals surface area contributed by atoms with Crippen LogP contribution >= 0.6 is 24.0 Å². The van der Waals surface area contributed by atoms with Gasteiger partial charge >= 0.3 is 12.6 Å². The second-order valence-electron chi connectivity index (χ2n) is 5.22. The topological polar surface area (TPSA) is 72.0 Å². The average molecular weight is 471 g/mol. The molecule has 0 aliphatic rings. The van der Waals surface area contributed by atoms with Crippen LogP contribution in [0.15, 0.2) is 23.2 Å². The Morgan fingerprint density at radius 1 is 1.32 bits per heavy atom. The number of aliphatic imine (C=N–C) groups is 1. The highest BCUT2D eigenvalue weighted by Gasteiger charge is 2.14. The van der Waals surface area contributed by atoms with Crippen LogP contribution in [-0.4, -0.2) is 39.2 Å². The molecule has 0 radical (unpaired) electrons. The van der Waals surface area contributed by atoms with Gasteiger partial charge in [0.2, 0.25) is 0 Å². The van der Waals surface area contributed by atoms with Crippen LogP contribution in [0.25, 0.3) is 0 Å². The maximum absolute atomic E-state index is 12.5. The molecule has 25 heavy (non-hydrogen) atoms. The van der Waals surface area contributed by atoms with Crippen molar-refractivity contribution < 1.29 is 23.0 Å². The first-order chi connectivity index (χ1) is 11.4. The molecule has 0 aromatic heterocycles. The van der Waals surface area contributed by atoms with E-state index in [2.05, 4.69) is 25.1 Å². The monoisotopic (exact) mass is 471 g/mol. The zero-order valence-electron chi connectivity index (χ0n) is 14.6. The second kappa shape index (κ2) is 11.8. The Bertz CT molecular complexity index is 586. The molecule has 0 fully saturated rings. The number of methoxy groups -OCH3 is 1. The van der Waals surface area contributed by atoms with Crippen molar-refractivity contribution in [3.8, 4) is 5.75 Å². The van der Waals surface area contributed by atoms with Crippen molar-refractivity contribution in [2.45, 2.75) is 27.0 Å². The Hall–Kier alpha value is -1.65. The van der Waals surface area contributed by atoms with Crippen molar-refractivity contribution >= 4 is 35.9 Å². The largest absolute Gasteiger partial charge is 0.469 e. The zero-order valence-corrected chi connectivity index (χ0v) is 17.0. The number of carbonyl (C=O) groups is 1. The Morgan fingerprint density at radius 3 is 2.56 bits per heavy atom. The number of nitrogens with one attached hydrogen (secondary N) is 2. The second-order valence-corrected chi connectivity index (χ2v) is 5.22. The molecule has 142 valence electrons. The fourth-order valence-electron chi connectivity index (χ4n) is 1.99. The van der Waals surface area contributed by atoms with E-state index in [9.17, 15) is 13.6 Å². The highest BCUT2D eigenvalue weighted by atomic mass is 127. The molecule has 6 nitrogen and oxygen atoms in total. The van der Waals surface area contributed by atoms with E-state index in [0.717, 1.165) is 5.56 Å². The van der Waals surface area contributed by atoms with Gasteiger partial charge in [-0.3, -0.25) is 9.79 Å². The first-order valence-electron chi connectivity index (χ1n) is 7.44. The van der Waals surface area contributed by atoms with Crippen LogP contribution in [0, 0.1) is 12.8 Å². The maximum Gasteiger partial charge on any atom is 0.387 e. The lowest BCUT2D eigenvalue weighted by Gasteiger charge is -2.16. The number of esters is 1. The average Bonchev–Trinajstić information content (AvgIpc) is 2.55. The molecule has 0 spiro atoms. The van der Waals surface area contributed by atoms with Crippen molar-refractivity contribution in [2.24, 2.45) is 10.9 Å². The molecule has 1 rings (SSSR count). The van der Waals surface area contributed by atoms with Gasteiger partial charge in [0.05, 0.1) is 13.0 Å². The molecular formula is C16H24F2IN3O3. The van der Waals surface area contributed by atoms with Crippen molar-refractivity contribution in [1.29, 1.82) is 0 Å². The smallest absolute Gasteiger partial charge is 0.387 e. The lowest BCUT2D eigenvalue weighted by atomic mass is 10.1. The van der Waals surface area contributed by atoms with Crippen molar-refractivity contribution in [3.63, 3.8) is 0 Å². The third-order valence-corrected chi connectivity index (χ3v) is 3.28. The molecular weight excluding hydrogens is 447 g/mol. The van der Waals surface area contributed by atoms with Gasteiger partial charge in [0.15, 0.2) is 5.96 Å². The number of carbonyl (C=O) groups excluding carboxylic acids is 1. The molecule has 0 heterocycles. The van der Waals surface area contributed by atoms with E-state index >= 15 is 0 Å². The minimum absolute atomic E-state index is 0. The Labute approximate surface area is 163 Å². The first-order valence-corrected chi connectivity index (χ1v) is 7.44. The maximum atomic E-state index is 12.5. The van der Waals surface area contributed by atoms with Crippen LogP contribution in [0.4, 0.5) is 8.78 Å². The standard InChI is InChI=1S/C16H23F2N3O3.HI/c1-10-5-6-13(24-15(17)18)12(7-10)9-21-16(19-3)20-8-11(2)14(22)23-4;/h5-7,11,15H,8-9H2,1-4H3,(H2,19,20,21);1H. The molecule has 1 aromatic rings. The molecule has 0 amide bonds. The van der Waals surface area contributed by atoms with Crippen LogP contribution in [0.2, 0.25) is 0 Å². The van der Waals surface area contributed by atoms with Crippen LogP contribution in [0.3, 0.4) is 0 Å². The molecule has 0 saturated carbocycles. The third kappa shape index (κ3) is 8.32. The highest BCUT2D eigenvalue weighted by molar-refractivity contribution is 14.0. The van der Waals surface area contributed by atoms with Gasteiger partial charge in [0.1, 0.15) is 5.75 Å². The minimum Gasteiger partial charge on any atom is -0.469 e. The molecule has 0 bridgehead atoms. The fourth-order valence-corrected chi connectivity index (χ4v) is 1.99. The number of hydrogen-bond acceptors (Lipinski definition) is 4. The summed E-state index contributed by atoms with van der Waals surface area (Å²) < 4.78 is 34.1. The van der Waals surface area contributed by atoms with E-state index in [-0.39, 0.29) is 48.2 Å². The molecule has 1 unspecified atom stereocenters. The Balaban J connectivity index is 0.00000576. The Morgan fingerprint density at radius 2 is 2.00 bits per heavy atom. The van der Waals surface area contributed by atoms with Gasteiger partial charge in [-0.15, -0.1) is 24.0 Å².